The Morgan fingerprint density at radius 1 is 1.15 bits per heavy atom. The fourth-order valence-electron chi connectivity index (χ4n) is 3.25. The highest BCUT2D eigenvalue weighted by molar-refractivity contribution is 5.16. The summed E-state index contributed by atoms with van der Waals surface area (Å²) in [5.41, 5.74) is 3.64. The first kappa shape index (κ1) is 15.3. The molecule has 1 aliphatic carbocycles. The Balaban J connectivity index is 2.12. The summed E-state index contributed by atoms with van der Waals surface area (Å²) in [6, 6.07) is 9.21. The van der Waals surface area contributed by atoms with Gasteiger partial charge in [0.1, 0.15) is 0 Å². The van der Waals surface area contributed by atoms with Gasteiger partial charge in [-0.2, -0.15) is 13.2 Å². The Kier molecular flexibility index (Phi) is 5.05. The molecule has 3 atom stereocenters. The van der Waals surface area contributed by atoms with Gasteiger partial charge in [0, 0.05) is 6.04 Å². The van der Waals surface area contributed by atoms with Gasteiger partial charge in [-0.1, -0.05) is 43.2 Å². The third-order valence-corrected chi connectivity index (χ3v) is 4.27. The van der Waals surface area contributed by atoms with Crippen molar-refractivity contribution in [3.05, 3.63) is 35.9 Å². The normalized spacial score (nSPS) is 25.4. The Bertz CT molecular complexity index is 405. The maximum absolute atomic E-state index is 13.2. The number of benzene rings is 1. The smallest absolute Gasteiger partial charge is 0.271 e. The standard InChI is InChI=1S/C15H21F3N2/c16-15(17,18)13-9-5-4-8-12(13)14(20-19)10-11-6-2-1-3-7-11/h1-3,6-7,12-14,20H,4-5,8-10,19H2. The third-order valence-electron chi connectivity index (χ3n) is 4.27. The Morgan fingerprint density at radius 2 is 1.80 bits per heavy atom. The molecule has 1 aromatic carbocycles. The molecule has 112 valence electrons. The van der Waals surface area contributed by atoms with Crippen LogP contribution in [0.5, 0.6) is 0 Å². The fraction of sp³-hybridized carbons (Fsp3) is 0.600. The molecule has 1 aromatic rings. The van der Waals surface area contributed by atoms with Crippen molar-refractivity contribution in [1.82, 2.24) is 5.43 Å². The Morgan fingerprint density at radius 3 is 2.40 bits per heavy atom. The Hall–Kier alpha value is -1.07. The quantitative estimate of drug-likeness (QED) is 0.657. The van der Waals surface area contributed by atoms with Crippen LogP contribution < -0.4 is 11.3 Å². The van der Waals surface area contributed by atoms with Gasteiger partial charge in [0.15, 0.2) is 0 Å². The van der Waals surface area contributed by atoms with Crippen LogP contribution in [0.15, 0.2) is 30.3 Å². The number of nitrogens with one attached hydrogen (secondary N) is 1. The lowest BCUT2D eigenvalue weighted by molar-refractivity contribution is -0.199. The minimum atomic E-state index is -4.13. The summed E-state index contributed by atoms with van der Waals surface area (Å²) >= 11 is 0. The molecule has 3 N–H and O–H groups in total. The predicted octanol–water partition coefficient (Wildman–Crippen LogP) is 3.43. The summed E-state index contributed by atoms with van der Waals surface area (Å²) in [5, 5.41) is 0. The minimum Gasteiger partial charge on any atom is -0.271 e. The van der Waals surface area contributed by atoms with E-state index >= 15 is 0 Å². The molecule has 0 radical (unpaired) electrons. The average molecular weight is 286 g/mol. The summed E-state index contributed by atoms with van der Waals surface area (Å²) in [6.07, 6.45) is -1.27. The molecule has 0 aliphatic heterocycles. The first-order chi connectivity index (χ1) is 9.52. The summed E-state index contributed by atoms with van der Waals surface area (Å²) in [6.45, 7) is 0. The highest BCUT2D eigenvalue weighted by Crippen LogP contribution is 2.43. The average Bonchev–Trinajstić information content (AvgIpc) is 2.45. The van der Waals surface area contributed by atoms with Crippen molar-refractivity contribution in [3.63, 3.8) is 0 Å². The number of hydrogen-bond acceptors (Lipinski definition) is 2. The summed E-state index contributed by atoms with van der Waals surface area (Å²) in [4.78, 5) is 0. The maximum Gasteiger partial charge on any atom is 0.392 e. The van der Waals surface area contributed by atoms with Gasteiger partial charge < -0.3 is 0 Å². The van der Waals surface area contributed by atoms with Gasteiger partial charge in [-0.05, 0) is 30.7 Å². The molecule has 5 heteroatoms. The number of hydrogen-bond donors (Lipinski definition) is 2. The van der Waals surface area contributed by atoms with Crippen LogP contribution in [0.4, 0.5) is 13.2 Å². The maximum atomic E-state index is 13.2. The second kappa shape index (κ2) is 6.59. The molecule has 0 bridgehead atoms. The lowest BCUT2D eigenvalue weighted by atomic mass is 9.73. The zero-order valence-corrected chi connectivity index (χ0v) is 11.4. The lowest BCUT2D eigenvalue weighted by Crippen LogP contribution is -2.49. The fourth-order valence-corrected chi connectivity index (χ4v) is 3.25. The van der Waals surface area contributed by atoms with E-state index in [-0.39, 0.29) is 12.5 Å². The van der Waals surface area contributed by atoms with Gasteiger partial charge in [-0.3, -0.25) is 11.3 Å². The number of hydrazine groups is 1. The molecule has 1 aliphatic rings. The van der Waals surface area contributed by atoms with E-state index in [4.69, 9.17) is 5.84 Å². The van der Waals surface area contributed by atoms with Gasteiger partial charge in [0.05, 0.1) is 5.92 Å². The first-order valence-corrected chi connectivity index (χ1v) is 7.09. The molecule has 0 heterocycles. The van der Waals surface area contributed by atoms with Crippen LogP contribution in [-0.2, 0) is 6.42 Å². The van der Waals surface area contributed by atoms with Crippen molar-refractivity contribution in [2.24, 2.45) is 17.7 Å². The molecule has 20 heavy (non-hydrogen) atoms. The third kappa shape index (κ3) is 3.73. The van der Waals surface area contributed by atoms with Crippen molar-refractivity contribution >= 4 is 0 Å². The van der Waals surface area contributed by atoms with E-state index in [9.17, 15) is 13.2 Å². The summed E-state index contributed by atoms with van der Waals surface area (Å²) in [5.74, 6) is 3.87. The van der Waals surface area contributed by atoms with E-state index in [1.165, 1.54) is 0 Å². The van der Waals surface area contributed by atoms with Crippen molar-refractivity contribution in [1.29, 1.82) is 0 Å². The van der Waals surface area contributed by atoms with Gasteiger partial charge in [0.25, 0.3) is 0 Å². The molecule has 2 rings (SSSR count). The lowest BCUT2D eigenvalue weighted by Gasteiger charge is -2.38. The second-order valence-corrected chi connectivity index (χ2v) is 5.56. The first-order valence-electron chi connectivity index (χ1n) is 7.09. The molecular formula is C15H21F3N2. The molecular weight excluding hydrogens is 265 g/mol. The van der Waals surface area contributed by atoms with Crippen LogP contribution in [0, 0.1) is 11.8 Å². The van der Waals surface area contributed by atoms with E-state index in [2.05, 4.69) is 5.43 Å². The monoisotopic (exact) mass is 286 g/mol. The van der Waals surface area contributed by atoms with Gasteiger partial charge >= 0.3 is 6.18 Å². The van der Waals surface area contributed by atoms with Crippen LogP contribution in [0.25, 0.3) is 0 Å². The predicted molar refractivity (Wildman–Crippen MR) is 72.8 cm³/mol. The molecule has 1 fully saturated rings. The van der Waals surface area contributed by atoms with Crippen LogP contribution in [0.2, 0.25) is 0 Å². The van der Waals surface area contributed by atoms with E-state index < -0.39 is 18.0 Å². The molecule has 0 saturated heterocycles. The molecule has 1 saturated carbocycles. The van der Waals surface area contributed by atoms with Crippen LogP contribution in [0.1, 0.15) is 31.2 Å². The van der Waals surface area contributed by atoms with Crippen LogP contribution in [-0.4, -0.2) is 12.2 Å². The number of alkyl halides is 3. The molecule has 0 aromatic heterocycles. The van der Waals surface area contributed by atoms with Crippen LogP contribution in [0.3, 0.4) is 0 Å². The summed E-state index contributed by atoms with van der Waals surface area (Å²) in [7, 11) is 0. The molecule has 3 unspecified atom stereocenters. The van der Waals surface area contributed by atoms with Crippen molar-refractivity contribution in [3.8, 4) is 0 Å². The largest absolute Gasteiger partial charge is 0.392 e. The highest BCUT2D eigenvalue weighted by atomic mass is 19.4. The highest BCUT2D eigenvalue weighted by Gasteiger charge is 2.47. The summed E-state index contributed by atoms with van der Waals surface area (Å²) < 4.78 is 39.5. The van der Waals surface area contributed by atoms with Crippen molar-refractivity contribution in [2.75, 3.05) is 0 Å². The number of rotatable bonds is 4. The van der Waals surface area contributed by atoms with E-state index in [1.54, 1.807) is 0 Å². The Labute approximate surface area is 117 Å². The minimum absolute atomic E-state index is 0.223. The number of nitrogens with two attached hydrogens (primary N) is 1. The number of halogens is 3. The zero-order chi connectivity index (χ0) is 14.6. The van der Waals surface area contributed by atoms with Gasteiger partial charge in [-0.25, -0.2) is 0 Å². The second-order valence-electron chi connectivity index (χ2n) is 5.56. The van der Waals surface area contributed by atoms with Gasteiger partial charge in [0.2, 0.25) is 0 Å². The van der Waals surface area contributed by atoms with E-state index in [0.29, 0.717) is 19.3 Å². The van der Waals surface area contributed by atoms with Gasteiger partial charge in [-0.15, -0.1) is 0 Å². The van der Waals surface area contributed by atoms with E-state index in [1.807, 2.05) is 30.3 Å². The van der Waals surface area contributed by atoms with Crippen LogP contribution >= 0.6 is 0 Å². The SMILES string of the molecule is NNC(Cc1ccccc1)C1CCCCC1C(F)(F)F. The van der Waals surface area contributed by atoms with E-state index in [0.717, 1.165) is 12.0 Å². The molecule has 0 spiro atoms. The molecule has 2 nitrogen and oxygen atoms in total. The molecule has 0 amide bonds. The zero-order valence-electron chi connectivity index (χ0n) is 11.4. The van der Waals surface area contributed by atoms with Crippen molar-refractivity contribution in [2.45, 2.75) is 44.3 Å². The van der Waals surface area contributed by atoms with Crippen molar-refractivity contribution < 1.29 is 13.2 Å². The topological polar surface area (TPSA) is 38.0 Å².